The highest BCUT2D eigenvalue weighted by molar-refractivity contribution is 6.32. The zero-order valence-electron chi connectivity index (χ0n) is 17.2. The highest BCUT2D eigenvalue weighted by atomic mass is 35.5. The molecule has 0 unspecified atom stereocenters. The second-order valence-electron chi connectivity index (χ2n) is 7.43. The Morgan fingerprint density at radius 1 is 1.26 bits per heavy atom. The van der Waals surface area contributed by atoms with E-state index in [1.54, 1.807) is 18.2 Å². The van der Waals surface area contributed by atoms with Gasteiger partial charge in [0.25, 0.3) is 5.56 Å². The number of aromatic nitrogens is 2. The number of carbonyl (C=O) groups is 1. The molecular weight excluding hydrogens is 420 g/mol. The summed E-state index contributed by atoms with van der Waals surface area (Å²) >= 11 is 6.27. The number of aryl methyl sites for hydroxylation is 2. The van der Waals surface area contributed by atoms with E-state index in [0.717, 1.165) is 17.5 Å². The summed E-state index contributed by atoms with van der Waals surface area (Å²) in [5.74, 6) is 0.745. The molecule has 0 saturated carbocycles. The van der Waals surface area contributed by atoms with Crippen LogP contribution in [0.2, 0.25) is 5.02 Å². The van der Waals surface area contributed by atoms with Gasteiger partial charge in [-0.3, -0.25) is 14.2 Å². The molecule has 0 spiro atoms. The summed E-state index contributed by atoms with van der Waals surface area (Å²) in [4.78, 5) is 29.2. The molecule has 1 aromatic heterocycles. The van der Waals surface area contributed by atoms with E-state index in [4.69, 9.17) is 25.8 Å². The van der Waals surface area contributed by atoms with E-state index in [0.29, 0.717) is 53.6 Å². The third-order valence-corrected chi connectivity index (χ3v) is 5.38. The lowest BCUT2D eigenvalue weighted by Crippen LogP contribution is -2.21. The van der Waals surface area contributed by atoms with Crippen LogP contribution < -0.4 is 15.0 Å². The van der Waals surface area contributed by atoms with Crippen LogP contribution in [0.25, 0.3) is 10.9 Å². The molecule has 4 rings (SSSR count). The standard InChI is InChI=1S/C23H23ClN2O5/c1-15-5-2-6-17-21(15)25-14-26(23(17)28)8-3-7-20(27)31-13-16-11-18(24)22-19(12-16)29-9-4-10-30-22/h2,5-6,11-12,14H,3-4,7-10,13H2,1H3. The summed E-state index contributed by atoms with van der Waals surface area (Å²) in [5.41, 5.74) is 2.29. The monoisotopic (exact) mass is 442 g/mol. The molecule has 0 atom stereocenters. The van der Waals surface area contributed by atoms with E-state index in [9.17, 15) is 9.59 Å². The first-order valence-electron chi connectivity index (χ1n) is 10.2. The molecule has 0 fully saturated rings. The van der Waals surface area contributed by atoms with Gasteiger partial charge >= 0.3 is 5.97 Å². The van der Waals surface area contributed by atoms with Crippen LogP contribution in [-0.2, 0) is 22.7 Å². The maximum absolute atomic E-state index is 12.6. The lowest BCUT2D eigenvalue weighted by atomic mass is 10.1. The van der Waals surface area contributed by atoms with Gasteiger partial charge in [-0.05, 0) is 42.7 Å². The van der Waals surface area contributed by atoms with Gasteiger partial charge in [-0.15, -0.1) is 0 Å². The molecule has 31 heavy (non-hydrogen) atoms. The summed E-state index contributed by atoms with van der Waals surface area (Å²) in [6.07, 6.45) is 2.98. The molecule has 7 nitrogen and oxygen atoms in total. The average Bonchev–Trinajstić information content (AvgIpc) is 3.00. The van der Waals surface area contributed by atoms with E-state index in [1.165, 1.54) is 10.9 Å². The topological polar surface area (TPSA) is 79.7 Å². The van der Waals surface area contributed by atoms with Gasteiger partial charge in [0.05, 0.1) is 35.5 Å². The predicted molar refractivity (Wildman–Crippen MR) is 117 cm³/mol. The third-order valence-electron chi connectivity index (χ3n) is 5.10. The molecule has 2 heterocycles. The number of halogens is 1. The number of benzene rings is 2. The number of esters is 1. The maximum atomic E-state index is 12.6. The van der Waals surface area contributed by atoms with Gasteiger partial charge in [0.1, 0.15) is 6.61 Å². The zero-order chi connectivity index (χ0) is 21.8. The Morgan fingerprint density at radius 3 is 2.97 bits per heavy atom. The molecule has 162 valence electrons. The SMILES string of the molecule is Cc1cccc2c(=O)n(CCCC(=O)OCc3cc(Cl)c4c(c3)OCCCO4)cnc12. The van der Waals surface area contributed by atoms with Gasteiger partial charge < -0.3 is 14.2 Å². The number of fused-ring (bicyclic) bond motifs is 2. The van der Waals surface area contributed by atoms with Crippen molar-refractivity contribution in [2.45, 2.75) is 39.3 Å². The molecule has 0 saturated heterocycles. The minimum absolute atomic E-state index is 0.0892. The van der Waals surface area contributed by atoms with Gasteiger partial charge in [-0.25, -0.2) is 4.98 Å². The highest BCUT2D eigenvalue weighted by Gasteiger charge is 2.16. The van der Waals surface area contributed by atoms with Crippen molar-refractivity contribution in [1.29, 1.82) is 0 Å². The largest absolute Gasteiger partial charge is 0.489 e. The van der Waals surface area contributed by atoms with E-state index in [1.807, 2.05) is 19.1 Å². The number of hydrogen-bond donors (Lipinski definition) is 0. The second-order valence-corrected chi connectivity index (χ2v) is 7.84. The Hall–Kier alpha value is -3.06. The quantitative estimate of drug-likeness (QED) is 0.536. The number of nitrogens with zero attached hydrogens (tertiary/aromatic N) is 2. The molecular formula is C23H23ClN2O5. The number of para-hydroxylation sites is 1. The summed E-state index contributed by atoms with van der Waals surface area (Å²) in [7, 11) is 0. The minimum Gasteiger partial charge on any atom is -0.489 e. The molecule has 0 radical (unpaired) electrons. The molecule has 0 aliphatic carbocycles. The summed E-state index contributed by atoms with van der Waals surface area (Å²) < 4.78 is 18.1. The fraction of sp³-hybridized carbons (Fsp3) is 0.348. The van der Waals surface area contributed by atoms with Crippen LogP contribution in [0.3, 0.4) is 0 Å². The Bertz CT molecular complexity index is 1170. The molecule has 2 aromatic carbocycles. The van der Waals surface area contributed by atoms with Gasteiger partial charge in [0, 0.05) is 19.4 Å². The Kier molecular flexibility index (Phi) is 6.42. The van der Waals surface area contributed by atoms with Crippen LogP contribution in [0, 0.1) is 6.92 Å². The zero-order valence-corrected chi connectivity index (χ0v) is 18.0. The number of hydrogen-bond acceptors (Lipinski definition) is 6. The fourth-order valence-corrected chi connectivity index (χ4v) is 3.78. The molecule has 0 amide bonds. The molecule has 3 aromatic rings. The van der Waals surface area contributed by atoms with Crippen molar-refractivity contribution in [2.24, 2.45) is 0 Å². The normalized spacial score (nSPS) is 13.1. The van der Waals surface area contributed by atoms with Crippen molar-refractivity contribution in [3.8, 4) is 11.5 Å². The number of rotatable bonds is 6. The van der Waals surface area contributed by atoms with Crippen LogP contribution in [0.1, 0.15) is 30.4 Å². The van der Waals surface area contributed by atoms with Crippen LogP contribution in [0.15, 0.2) is 41.5 Å². The lowest BCUT2D eigenvalue weighted by molar-refractivity contribution is -0.145. The van der Waals surface area contributed by atoms with Crippen LogP contribution in [0.5, 0.6) is 11.5 Å². The first-order chi connectivity index (χ1) is 15.0. The van der Waals surface area contributed by atoms with Crippen LogP contribution >= 0.6 is 11.6 Å². The van der Waals surface area contributed by atoms with E-state index >= 15 is 0 Å². The Morgan fingerprint density at radius 2 is 2.10 bits per heavy atom. The minimum atomic E-state index is -0.346. The van der Waals surface area contributed by atoms with Crippen molar-refractivity contribution >= 4 is 28.5 Å². The molecule has 1 aliphatic heterocycles. The summed E-state index contributed by atoms with van der Waals surface area (Å²) in [6, 6.07) is 9.02. The maximum Gasteiger partial charge on any atom is 0.306 e. The van der Waals surface area contributed by atoms with Crippen molar-refractivity contribution < 1.29 is 19.0 Å². The van der Waals surface area contributed by atoms with Crippen molar-refractivity contribution in [1.82, 2.24) is 9.55 Å². The number of ether oxygens (including phenoxy) is 3. The summed E-state index contributed by atoms with van der Waals surface area (Å²) in [5, 5.41) is 1.01. The van der Waals surface area contributed by atoms with Crippen LogP contribution in [0.4, 0.5) is 0 Å². The smallest absolute Gasteiger partial charge is 0.306 e. The van der Waals surface area contributed by atoms with E-state index in [2.05, 4.69) is 4.98 Å². The molecule has 1 aliphatic rings. The van der Waals surface area contributed by atoms with E-state index < -0.39 is 0 Å². The second kappa shape index (κ2) is 9.39. The van der Waals surface area contributed by atoms with Crippen molar-refractivity contribution in [2.75, 3.05) is 13.2 Å². The highest BCUT2D eigenvalue weighted by Crippen LogP contribution is 2.38. The molecule has 8 heteroatoms. The summed E-state index contributed by atoms with van der Waals surface area (Å²) in [6.45, 7) is 3.50. The first-order valence-corrected chi connectivity index (χ1v) is 10.6. The van der Waals surface area contributed by atoms with Gasteiger partial charge in [0.2, 0.25) is 0 Å². The van der Waals surface area contributed by atoms with Gasteiger partial charge in [0.15, 0.2) is 11.5 Å². The molecule has 0 bridgehead atoms. The molecule has 0 N–H and O–H groups in total. The van der Waals surface area contributed by atoms with E-state index in [-0.39, 0.29) is 24.6 Å². The van der Waals surface area contributed by atoms with Gasteiger partial charge in [-0.2, -0.15) is 0 Å². The van der Waals surface area contributed by atoms with Crippen molar-refractivity contribution in [3.63, 3.8) is 0 Å². The van der Waals surface area contributed by atoms with Crippen molar-refractivity contribution in [3.05, 3.63) is 63.2 Å². The fourth-order valence-electron chi connectivity index (χ4n) is 3.49. The van der Waals surface area contributed by atoms with Crippen LogP contribution in [-0.4, -0.2) is 28.7 Å². The predicted octanol–water partition coefficient (Wildman–Crippen LogP) is 4.04. The Balaban J connectivity index is 1.32. The first kappa shape index (κ1) is 21.2. The third kappa shape index (κ3) is 4.82. The average molecular weight is 443 g/mol. The van der Waals surface area contributed by atoms with Gasteiger partial charge in [-0.1, -0.05) is 23.7 Å². The number of carbonyl (C=O) groups excluding carboxylic acids is 1. The lowest BCUT2D eigenvalue weighted by Gasteiger charge is -2.12. The Labute approximate surface area is 184 Å².